The Morgan fingerprint density at radius 2 is 2.07 bits per heavy atom. The smallest absolute Gasteiger partial charge is 0.475 e. The number of carbonyl (C=O) groups is 2. The maximum Gasteiger partial charge on any atom is 0.490 e. The number of imidazole rings is 1. The highest BCUT2D eigenvalue weighted by molar-refractivity contribution is 5.99. The van der Waals surface area contributed by atoms with Crippen LogP contribution in [0.1, 0.15) is 41.6 Å². The molecule has 1 aliphatic rings. The second kappa shape index (κ2) is 10.4. The highest BCUT2D eigenvalue weighted by Gasteiger charge is 2.38. The molecule has 3 rings (SSSR count). The number of carbonyl (C=O) groups excluding carboxylic acids is 1. The van der Waals surface area contributed by atoms with Crippen LogP contribution in [-0.2, 0) is 9.53 Å². The van der Waals surface area contributed by atoms with E-state index in [1.807, 2.05) is 24.4 Å². The number of methoxy groups -OCH3 is 1. The van der Waals surface area contributed by atoms with Crippen LogP contribution in [0.15, 0.2) is 24.4 Å². The van der Waals surface area contributed by atoms with Gasteiger partial charge in [0.2, 0.25) is 0 Å². The lowest BCUT2D eigenvalue weighted by Crippen LogP contribution is -2.26. The van der Waals surface area contributed by atoms with Gasteiger partial charge in [0.05, 0.1) is 11.6 Å². The zero-order chi connectivity index (χ0) is 22.3. The molecule has 0 spiro atoms. The van der Waals surface area contributed by atoms with Crippen molar-refractivity contribution in [3.63, 3.8) is 0 Å². The van der Waals surface area contributed by atoms with Gasteiger partial charge in [0.1, 0.15) is 5.82 Å². The van der Waals surface area contributed by atoms with Crippen molar-refractivity contribution in [3.05, 3.63) is 35.9 Å². The van der Waals surface area contributed by atoms with Gasteiger partial charge in [0.25, 0.3) is 5.91 Å². The van der Waals surface area contributed by atoms with Gasteiger partial charge < -0.3 is 19.6 Å². The second-order valence-electron chi connectivity index (χ2n) is 6.82. The molecule has 0 saturated carbocycles. The lowest BCUT2D eigenvalue weighted by atomic mass is 10.2. The van der Waals surface area contributed by atoms with Crippen LogP contribution < -0.4 is 5.32 Å². The molecule has 2 aromatic heterocycles. The van der Waals surface area contributed by atoms with Gasteiger partial charge in [-0.15, -0.1) is 0 Å². The van der Waals surface area contributed by atoms with Crippen LogP contribution in [0.5, 0.6) is 0 Å². The zero-order valence-corrected chi connectivity index (χ0v) is 16.8. The van der Waals surface area contributed by atoms with Gasteiger partial charge in [0, 0.05) is 26.5 Å². The molecule has 3 heterocycles. The molecule has 0 radical (unpaired) electrons. The van der Waals surface area contributed by atoms with E-state index >= 15 is 0 Å². The van der Waals surface area contributed by atoms with Crippen LogP contribution in [0.3, 0.4) is 0 Å². The number of pyridine rings is 1. The highest BCUT2D eigenvalue weighted by atomic mass is 19.4. The van der Waals surface area contributed by atoms with Crippen molar-refractivity contribution in [3.8, 4) is 0 Å². The summed E-state index contributed by atoms with van der Waals surface area (Å²) in [4.78, 5) is 28.4. The Kier molecular flexibility index (Phi) is 8.18. The maximum absolute atomic E-state index is 12.5. The van der Waals surface area contributed by atoms with Crippen molar-refractivity contribution in [2.24, 2.45) is 0 Å². The molecule has 0 aromatic carbocycles. The fourth-order valence-electron chi connectivity index (χ4n) is 3.20. The summed E-state index contributed by atoms with van der Waals surface area (Å²) in [6, 6.07) is 6.16. The van der Waals surface area contributed by atoms with E-state index in [1.165, 1.54) is 6.42 Å². The Hall–Kier alpha value is -2.66. The first-order chi connectivity index (χ1) is 14.2. The summed E-state index contributed by atoms with van der Waals surface area (Å²) in [7, 11) is 3.78. The number of hydrogen-bond donors (Lipinski definition) is 2. The first-order valence-electron chi connectivity index (χ1n) is 9.41. The summed E-state index contributed by atoms with van der Waals surface area (Å²) < 4.78 is 38.8. The average molecular weight is 430 g/mol. The third-order valence-electron chi connectivity index (χ3n) is 4.66. The number of carboxylic acids is 1. The van der Waals surface area contributed by atoms with Crippen molar-refractivity contribution in [2.75, 3.05) is 33.9 Å². The average Bonchev–Trinajstić information content (AvgIpc) is 3.28. The van der Waals surface area contributed by atoms with E-state index in [0.29, 0.717) is 18.8 Å². The molecule has 1 fully saturated rings. The lowest BCUT2D eigenvalue weighted by molar-refractivity contribution is -0.192. The van der Waals surface area contributed by atoms with Gasteiger partial charge in [-0.05, 0) is 45.0 Å². The van der Waals surface area contributed by atoms with E-state index in [9.17, 15) is 18.0 Å². The molecule has 1 aliphatic heterocycles. The highest BCUT2D eigenvalue weighted by Crippen LogP contribution is 2.31. The molecular formula is C19H25F3N4O4. The number of rotatable bonds is 6. The number of ether oxygens (including phenoxy) is 1. The Bertz CT molecular complexity index is 869. The molecule has 1 unspecified atom stereocenters. The van der Waals surface area contributed by atoms with Gasteiger partial charge >= 0.3 is 12.1 Å². The predicted octanol–water partition coefficient (Wildman–Crippen LogP) is 2.50. The number of likely N-dealkylation sites (tertiary alicyclic amines) is 1. The standard InChI is InChI=1S/C17H24N4O2.C2HF3O2/c1-20-10-5-8-14(20)16-19-15(13-7-3-4-11-21(13)16)17(22)18-9-6-12-23-2;3-2(4,5)1(6)7/h3-4,7,11,14H,5-6,8-10,12H2,1-2H3,(H,18,22);(H,6,7). The van der Waals surface area contributed by atoms with Crippen molar-refractivity contribution < 1.29 is 32.6 Å². The first kappa shape index (κ1) is 23.6. The van der Waals surface area contributed by atoms with Crippen molar-refractivity contribution >= 4 is 17.4 Å². The van der Waals surface area contributed by atoms with E-state index in [-0.39, 0.29) is 11.9 Å². The molecule has 8 nitrogen and oxygen atoms in total. The molecule has 2 N–H and O–H groups in total. The Labute approximate surface area is 171 Å². The number of nitrogens with zero attached hydrogens (tertiary/aromatic N) is 3. The molecule has 11 heteroatoms. The Morgan fingerprint density at radius 1 is 1.37 bits per heavy atom. The van der Waals surface area contributed by atoms with Crippen molar-refractivity contribution in [1.82, 2.24) is 19.6 Å². The minimum absolute atomic E-state index is 0.114. The van der Waals surface area contributed by atoms with E-state index in [2.05, 4.69) is 21.7 Å². The monoisotopic (exact) mass is 430 g/mol. The van der Waals surface area contributed by atoms with Crippen molar-refractivity contribution in [2.45, 2.75) is 31.5 Å². The van der Waals surface area contributed by atoms with E-state index in [1.54, 1.807) is 7.11 Å². The SMILES string of the molecule is COCCCNC(=O)c1nc(C2CCCN2C)n2ccccc12.O=C(O)C(F)(F)F. The Balaban J connectivity index is 0.000000396. The topological polar surface area (TPSA) is 96.2 Å². The molecule has 0 aliphatic carbocycles. The summed E-state index contributed by atoms with van der Waals surface area (Å²) in [5.74, 6) is -1.91. The third kappa shape index (κ3) is 5.92. The normalized spacial score (nSPS) is 16.9. The predicted molar refractivity (Wildman–Crippen MR) is 102 cm³/mol. The van der Waals surface area contributed by atoms with Gasteiger partial charge in [-0.3, -0.25) is 9.69 Å². The number of carboxylic acid groups (broad SMARTS) is 1. The number of aromatic nitrogens is 2. The quantitative estimate of drug-likeness (QED) is 0.684. The summed E-state index contributed by atoms with van der Waals surface area (Å²) >= 11 is 0. The first-order valence-corrected chi connectivity index (χ1v) is 9.41. The summed E-state index contributed by atoms with van der Waals surface area (Å²) in [5, 5.41) is 10.1. The number of amides is 1. The largest absolute Gasteiger partial charge is 0.490 e. The van der Waals surface area contributed by atoms with Crippen LogP contribution in [0, 0.1) is 0 Å². The molecule has 30 heavy (non-hydrogen) atoms. The number of nitrogens with one attached hydrogen (secondary N) is 1. The van der Waals surface area contributed by atoms with E-state index < -0.39 is 12.1 Å². The summed E-state index contributed by atoms with van der Waals surface area (Å²) in [6.45, 7) is 2.31. The van der Waals surface area contributed by atoms with Crippen LogP contribution in [0.25, 0.3) is 5.52 Å². The third-order valence-corrected chi connectivity index (χ3v) is 4.66. The minimum atomic E-state index is -5.08. The molecule has 166 valence electrons. The molecule has 0 bridgehead atoms. The van der Waals surface area contributed by atoms with Gasteiger partial charge in [-0.2, -0.15) is 13.2 Å². The molecule has 2 aromatic rings. The van der Waals surface area contributed by atoms with Crippen LogP contribution in [0.2, 0.25) is 0 Å². The Morgan fingerprint density at radius 3 is 2.63 bits per heavy atom. The second-order valence-corrected chi connectivity index (χ2v) is 6.82. The summed E-state index contributed by atoms with van der Waals surface area (Å²) in [5.41, 5.74) is 1.38. The number of aliphatic carboxylic acids is 1. The van der Waals surface area contributed by atoms with Crippen molar-refractivity contribution in [1.29, 1.82) is 0 Å². The molecule has 1 amide bonds. The molecule has 1 saturated heterocycles. The fraction of sp³-hybridized carbons (Fsp3) is 0.526. The summed E-state index contributed by atoms with van der Waals surface area (Å²) in [6.07, 6.45) is -0.0430. The van der Waals surface area contributed by atoms with E-state index in [0.717, 1.165) is 30.7 Å². The van der Waals surface area contributed by atoms with Gasteiger partial charge in [0.15, 0.2) is 5.69 Å². The van der Waals surface area contributed by atoms with Gasteiger partial charge in [-0.1, -0.05) is 6.07 Å². The van der Waals surface area contributed by atoms with Crippen LogP contribution >= 0.6 is 0 Å². The fourth-order valence-corrected chi connectivity index (χ4v) is 3.20. The number of alkyl halides is 3. The van der Waals surface area contributed by atoms with E-state index in [4.69, 9.17) is 19.6 Å². The lowest BCUT2D eigenvalue weighted by Gasteiger charge is -2.17. The van der Waals surface area contributed by atoms with Crippen LogP contribution in [-0.4, -0.2) is 71.3 Å². The number of hydrogen-bond acceptors (Lipinski definition) is 5. The number of halogens is 3. The number of fused-ring (bicyclic) bond motifs is 1. The maximum atomic E-state index is 12.5. The minimum Gasteiger partial charge on any atom is -0.475 e. The zero-order valence-electron chi connectivity index (χ0n) is 16.8. The molecule has 1 atom stereocenters. The van der Waals surface area contributed by atoms with Gasteiger partial charge in [-0.25, -0.2) is 9.78 Å². The van der Waals surface area contributed by atoms with Crippen LogP contribution in [0.4, 0.5) is 13.2 Å². The molecular weight excluding hydrogens is 405 g/mol.